The molecular weight excluding hydrogens is 324 g/mol. The van der Waals surface area contributed by atoms with Gasteiger partial charge in [0.1, 0.15) is 0 Å². The minimum absolute atomic E-state index is 0.351. The molecular formula is C21H30N4O. The van der Waals surface area contributed by atoms with E-state index in [9.17, 15) is 4.79 Å². The van der Waals surface area contributed by atoms with E-state index in [1.54, 1.807) is 0 Å². The Bertz CT molecular complexity index is 643. The van der Waals surface area contributed by atoms with Crippen molar-refractivity contribution in [3.8, 4) is 0 Å². The van der Waals surface area contributed by atoms with E-state index in [0.29, 0.717) is 17.2 Å². The first-order chi connectivity index (χ1) is 12.6. The molecule has 2 aliphatic heterocycles. The maximum Gasteiger partial charge on any atom is 0.223 e. The van der Waals surface area contributed by atoms with Crippen molar-refractivity contribution in [1.82, 2.24) is 15.1 Å². The van der Waals surface area contributed by atoms with Crippen LogP contribution in [0.2, 0.25) is 0 Å². The number of rotatable bonds is 3. The third-order valence-electron chi connectivity index (χ3n) is 6.73. The van der Waals surface area contributed by atoms with Gasteiger partial charge < -0.3 is 9.80 Å². The minimum atomic E-state index is 0.351. The SMILES string of the molecule is Cc1ccc(N2CCC3(CCC(CC(=O)N4CC=CC4)CC3)CC2)nn1. The predicted molar refractivity (Wildman–Crippen MR) is 103 cm³/mol. The fourth-order valence-electron chi connectivity index (χ4n) is 4.82. The molecule has 1 spiro atoms. The summed E-state index contributed by atoms with van der Waals surface area (Å²) in [6, 6.07) is 4.14. The third kappa shape index (κ3) is 3.76. The zero-order valence-electron chi connectivity index (χ0n) is 15.9. The van der Waals surface area contributed by atoms with Crippen LogP contribution >= 0.6 is 0 Å². The van der Waals surface area contributed by atoms with Gasteiger partial charge in [-0.3, -0.25) is 4.79 Å². The number of nitrogens with zero attached hydrogens (tertiary/aromatic N) is 4. The number of aromatic nitrogens is 2. The van der Waals surface area contributed by atoms with Crippen LogP contribution in [0.5, 0.6) is 0 Å². The van der Waals surface area contributed by atoms with E-state index in [1.165, 1.54) is 38.5 Å². The van der Waals surface area contributed by atoms with Gasteiger partial charge in [-0.15, -0.1) is 5.10 Å². The van der Waals surface area contributed by atoms with Crippen molar-refractivity contribution in [3.63, 3.8) is 0 Å². The maximum absolute atomic E-state index is 12.4. The van der Waals surface area contributed by atoms with Crippen LogP contribution in [0.25, 0.3) is 0 Å². The van der Waals surface area contributed by atoms with Crippen LogP contribution in [0, 0.1) is 18.3 Å². The van der Waals surface area contributed by atoms with E-state index in [-0.39, 0.29) is 0 Å². The van der Waals surface area contributed by atoms with Gasteiger partial charge in [0.2, 0.25) is 5.91 Å². The second-order valence-electron chi connectivity index (χ2n) is 8.44. The zero-order chi connectivity index (χ0) is 18.0. The number of aryl methyl sites for hydroxylation is 1. The van der Waals surface area contributed by atoms with Gasteiger partial charge >= 0.3 is 0 Å². The monoisotopic (exact) mass is 354 g/mol. The topological polar surface area (TPSA) is 49.3 Å². The van der Waals surface area contributed by atoms with Crippen LogP contribution in [-0.4, -0.2) is 47.2 Å². The molecule has 0 bridgehead atoms. The Morgan fingerprint density at radius 3 is 2.38 bits per heavy atom. The van der Waals surface area contributed by atoms with Gasteiger partial charge in [-0.2, -0.15) is 5.10 Å². The van der Waals surface area contributed by atoms with Crippen molar-refractivity contribution in [2.24, 2.45) is 11.3 Å². The van der Waals surface area contributed by atoms with Crippen LogP contribution in [0.15, 0.2) is 24.3 Å². The Labute approximate surface area is 156 Å². The van der Waals surface area contributed by atoms with Crippen LogP contribution < -0.4 is 4.90 Å². The molecule has 140 valence electrons. The second-order valence-corrected chi connectivity index (χ2v) is 8.44. The molecule has 1 amide bonds. The Kier molecular flexibility index (Phi) is 4.96. The molecule has 26 heavy (non-hydrogen) atoms. The van der Waals surface area contributed by atoms with Crippen LogP contribution in [0.4, 0.5) is 5.82 Å². The van der Waals surface area contributed by atoms with E-state index in [0.717, 1.165) is 44.1 Å². The first-order valence-electron chi connectivity index (χ1n) is 10.1. The van der Waals surface area contributed by atoms with Crippen molar-refractivity contribution in [3.05, 3.63) is 30.0 Å². The molecule has 5 nitrogen and oxygen atoms in total. The molecule has 0 radical (unpaired) electrons. The summed E-state index contributed by atoms with van der Waals surface area (Å²) in [5.74, 6) is 1.96. The lowest BCUT2D eigenvalue weighted by molar-refractivity contribution is -0.131. The first kappa shape index (κ1) is 17.5. The lowest BCUT2D eigenvalue weighted by Crippen LogP contribution is -2.42. The number of hydrogen-bond donors (Lipinski definition) is 0. The Morgan fingerprint density at radius 1 is 1.08 bits per heavy atom. The molecule has 0 aromatic carbocycles. The highest BCUT2D eigenvalue weighted by Crippen LogP contribution is 2.47. The lowest BCUT2D eigenvalue weighted by Gasteiger charge is -2.46. The molecule has 3 heterocycles. The molecule has 1 saturated carbocycles. The molecule has 1 saturated heterocycles. The van der Waals surface area contributed by atoms with Crippen molar-refractivity contribution >= 4 is 11.7 Å². The molecule has 0 N–H and O–H groups in total. The largest absolute Gasteiger partial charge is 0.355 e. The molecule has 0 unspecified atom stereocenters. The van der Waals surface area contributed by atoms with E-state index < -0.39 is 0 Å². The average molecular weight is 354 g/mol. The van der Waals surface area contributed by atoms with Gasteiger partial charge in [-0.1, -0.05) is 12.2 Å². The summed E-state index contributed by atoms with van der Waals surface area (Å²) in [6.07, 6.45) is 12.5. The number of carbonyl (C=O) groups is 1. The summed E-state index contributed by atoms with van der Waals surface area (Å²) in [7, 11) is 0. The van der Waals surface area contributed by atoms with Gasteiger partial charge in [-0.25, -0.2) is 0 Å². The average Bonchev–Trinajstić information content (AvgIpc) is 3.20. The number of amides is 1. The molecule has 1 aliphatic carbocycles. The molecule has 3 aliphatic rings. The summed E-state index contributed by atoms with van der Waals surface area (Å²) in [5, 5.41) is 8.54. The molecule has 4 rings (SSSR count). The Morgan fingerprint density at radius 2 is 1.77 bits per heavy atom. The summed E-state index contributed by atoms with van der Waals surface area (Å²) < 4.78 is 0. The summed E-state index contributed by atoms with van der Waals surface area (Å²) in [5.41, 5.74) is 1.48. The normalized spacial score (nSPS) is 23.0. The standard InChI is InChI=1S/C21H30N4O/c1-17-4-5-19(23-22-17)24-14-10-21(11-15-24)8-6-18(7-9-21)16-20(26)25-12-2-3-13-25/h2-5,18H,6-16H2,1H3. The number of hydrogen-bond acceptors (Lipinski definition) is 4. The van der Waals surface area contributed by atoms with E-state index in [2.05, 4.69) is 33.3 Å². The number of carbonyl (C=O) groups excluding carboxylic acids is 1. The smallest absolute Gasteiger partial charge is 0.223 e. The molecule has 0 atom stereocenters. The van der Waals surface area contributed by atoms with Gasteiger partial charge in [0.05, 0.1) is 5.69 Å². The predicted octanol–water partition coefficient (Wildman–Crippen LogP) is 3.35. The van der Waals surface area contributed by atoms with Crippen LogP contribution in [-0.2, 0) is 4.79 Å². The van der Waals surface area contributed by atoms with Gasteiger partial charge in [0.25, 0.3) is 0 Å². The highest BCUT2D eigenvalue weighted by Gasteiger charge is 2.38. The summed E-state index contributed by atoms with van der Waals surface area (Å²) in [6.45, 7) is 5.77. The zero-order valence-corrected chi connectivity index (χ0v) is 15.9. The molecule has 5 heteroatoms. The van der Waals surface area contributed by atoms with Crippen LogP contribution in [0.3, 0.4) is 0 Å². The van der Waals surface area contributed by atoms with Gasteiger partial charge in [0, 0.05) is 32.6 Å². The Balaban J connectivity index is 1.25. The molecule has 2 fully saturated rings. The van der Waals surface area contributed by atoms with Gasteiger partial charge in [0.15, 0.2) is 5.82 Å². The molecule has 1 aromatic heterocycles. The highest BCUT2D eigenvalue weighted by atomic mass is 16.2. The molecule has 1 aromatic rings. The van der Waals surface area contributed by atoms with Gasteiger partial charge in [-0.05, 0) is 68.9 Å². The van der Waals surface area contributed by atoms with Crippen molar-refractivity contribution in [1.29, 1.82) is 0 Å². The maximum atomic E-state index is 12.4. The van der Waals surface area contributed by atoms with E-state index >= 15 is 0 Å². The fraction of sp³-hybridized carbons (Fsp3) is 0.667. The summed E-state index contributed by atoms with van der Waals surface area (Å²) in [4.78, 5) is 16.7. The van der Waals surface area contributed by atoms with E-state index in [4.69, 9.17) is 0 Å². The van der Waals surface area contributed by atoms with Crippen molar-refractivity contribution < 1.29 is 4.79 Å². The number of piperidine rings is 1. The fourth-order valence-corrected chi connectivity index (χ4v) is 4.82. The van der Waals surface area contributed by atoms with Crippen molar-refractivity contribution in [2.75, 3.05) is 31.1 Å². The summed E-state index contributed by atoms with van der Waals surface area (Å²) >= 11 is 0. The Hall–Kier alpha value is -1.91. The third-order valence-corrected chi connectivity index (χ3v) is 6.73. The second kappa shape index (κ2) is 7.37. The minimum Gasteiger partial charge on any atom is -0.355 e. The first-order valence-corrected chi connectivity index (χ1v) is 10.1. The number of anilines is 1. The van der Waals surface area contributed by atoms with Crippen molar-refractivity contribution in [2.45, 2.75) is 51.9 Å². The lowest BCUT2D eigenvalue weighted by atomic mass is 9.65. The highest BCUT2D eigenvalue weighted by molar-refractivity contribution is 5.77. The van der Waals surface area contributed by atoms with Crippen LogP contribution in [0.1, 0.15) is 50.6 Å². The van der Waals surface area contributed by atoms with E-state index in [1.807, 2.05) is 17.9 Å². The quantitative estimate of drug-likeness (QED) is 0.781.